The number of benzene rings is 2. The van der Waals surface area contributed by atoms with Gasteiger partial charge in [-0.1, -0.05) is 23.7 Å². The molecule has 1 unspecified atom stereocenters. The number of rotatable bonds is 7. The number of nitrogens with two attached hydrogens (primary N) is 1. The molecule has 112 valence electrons. The molecule has 2 aromatic carbocycles. The van der Waals surface area contributed by atoms with E-state index in [0.29, 0.717) is 6.61 Å². The SMILES string of the molecule is COc1ccc(OCCC(N)Cc2ccc(Cl)cc2)cc1. The van der Waals surface area contributed by atoms with Crippen molar-refractivity contribution >= 4 is 11.6 Å². The van der Waals surface area contributed by atoms with E-state index in [9.17, 15) is 0 Å². The Morgan fingerprint density at radius 3 is 2.24 bits per heavy atom. The Labute approximate surface area is 130 Å². The van der Waals surface area contributed by atoms with E-state index in [4.69, 9.17) is 26.8 Å². The van der Waals surface area contributed by atoms with Crippen LogP contribution in [0, 0.1) is 0 Å². The molecule has 21 heavy (non-hydrogen) atoms. The van der Waals surface area contributed by atoms with Gasteiger partial charge in [-0.15, -0.1) is 0 Å². The van der Waals surface area contributed by atoms with Crippen molar-refractivity contribution in [3.05, 3.63) is 59.1 Å². The van der Waals surface area contributed by atoms with Crippen LogP contribution in [0.15, 0.2) is 48.5 Å². The van der Waals surface area contributed by atoms with Gasteiger partial charge in [-0.2, -0.15) is 0 Å². The van der Waals surface area contributed by atoms with Gasteiger partial charge in [0, 0.05) is 11.1 Å². The summed E-state index contributed by atoms with van der Waals surface area (Å²) >= 11 is 5.86. The molecule has 0 aliphatic rings. The van der Waals surface area contributed by atoms with Gasteiger partial charge in [-0.25, -0.2) is 0 Å². The number of hydrogen-bond donors (Lipinski definition) is 1. The Hall–Kier alpha value is -1.71. The molecule has 4 heteroatoms. The largest absolute Gasteiger partial charge is 0.497 e. The molecule has 2 rings (SSSR count). The lowest BCUT2D eigenvalue weighted by Crippen LogP contribution is -2.25. The van der Waals surface area contributed by atoms with E-state index in [0.717, 1.165) is 29.4 Å². The average molecular weight is 306 g/mol. The fraction of sp³-hybridized carbons (Fsp3) is 0.294. The van der Waals surface area contributed by atoms with Crippen LogP contribution in [0.1, 0.15) is 12.0 Å². The van der Waals surface area contributed by atoms with Gasteiger partial charge in [0.2, 0.25) is 0 Å². The number of halogens is 1. The minimum absolute atomic E-state index is 0.0735. The summed E-state index contributed by atoms with van der Waals surface area (Å²) < 4.78 is 10.8. The van der Waals surface area contributed by atoms with Crippen molar-refractivity contribution in [1.82, 2.24) is 0 Å². The third-order valence-corrected chi connectivity index (χ3v) is 3.48. The summed E-state index contributed by atoms with van der Waals surface area (Å²) in [5.74, 6) is 1.65. The van der Waals surface area contributed by atoms with Crippen LogP contribution in [-0.2, 0) is 6.42 Å². The Morgan fingerprint density at radius 1 is 1.00 bits per heavy atom. The zero-order chi connectivity index (χ0) is 15.1. The summed E-state index contributed by atoms with van der Waals surface area (Å²) in [6, 6.07) is 15.4. The van der Waals surface area contributed by atoms with Gasteiger partial charge in [-0.3, -0.25) is 0 Å². The van der Waals surface area contributed by atoms with Crippen molar-refractivity contribution in [2.75, 3.05) is 13.7 Å². The third kappa shape index (κ3) is 5.29. The predicted molar refractivity (Wildman–Crippen MR) is 86.2 cm³/mol. The van der Waals surface area contributed by atoms with Crippen LogP contribution in [0.2, 0.25) is 5.02 Å². The standard InChI is InChI=1S/C17H20ClNO2/c1-20-16-6-8-17(9-7-16)21-11-10-15(19)12-13-2-4-14(18)5-3-13/h2-9,15H,10-12,19H2,1H3. The fourth-order valence-electron chi connectivity index (χ4n) is 2.03. The lowest BCUT2D eigenvalue weighted by atomic mass is 10.0. The molecular formula is C17H20ClNO2. The van der Waals surface area contributed by atoms with Gasteiger partial charge in [0.05, 0.1) is 13.7 Å². The maximum atomic E-state index is 6.12. The van der Waals surface area contributed by atoms with Crippen LogP contribution in [-0.4, -0.2) is 19.8 Å². The van der Waals surface area contributed by atoms with Crippen molar-refractivity contribution in [1.29, 1.82) is 0 Å². The number of ether oxygens (including phenoxy) is 2. The maximum Gasteiger partial charge on any atom is 0.119 e. The summed E-state index contributed by atoms with van der Waals surface area (Å²) in [6.45, 7) is 0.598. The van der Waals surface area contributed by atoms with E-state index in [1.165, 1.54) is 5.56 Å². The lowest BCUT2D eigenvalue weighted by Gasteiger charge is -2.13. The first-order valence-electron chi connectivity index (χ1n) is 6.94. The summed E-state index contributed by atoms with van der Waals surface area (Å²) in [6.07, 6.45) is 1.62. The fourth-order valence-corrected chi connectivity index (χ4v) is 2.15. The monoisotopic (exact) mass is 305 g/mol. The minimum Gasteiger partial charge on any atom is -0.497 e. The molecule has 0 saturated carbocycles. The molecule has 0 aliphatic heterocycles. The summed E-state index contributed by atoms with van der Waals surface area (Å²) in [4.78, 5) is 0. The normalized spacial score (nSPS) is 12.0. The highest BCUT2D eigenvalue weighted by molar-refractivity contribution is 6.30. The zero-order valence-electron chi connectivity index (χ0n) is 12.1. The van der Waals surface area contributed by atoms with E-state index < -0.39 is 0 Å². The second-order valence-electron chi connectivity index (χ2n) is 4.90. The van der Waals surface area contributed by atoms with Gasteiger partial charge in [-0.05, 0) is 54.8 Å². The van der Waals surface area contributed by atoms with Crippen molar-refractivity contribution in [3.63, 3.8) is 0 Å². The van der Waals surface area contributed by atoms with Crippen molar-refractivity contribution in [2.24, 2.45) is 5.73 Å². The van der Waals surface area contributed by atoms with Gasteiger partial charge in [0.1, 0.15) is 11.5 Å². The second kappa shape index (κ2) is 7.91. The molecule has 2 aromatic rings. The Bertz CT molecular complexity index is 540. The van der Waals surface area contributed by atoms with Crippen LogP contribution < -0.4 is 15.2 Å². The summed E-state index contributed by atoms with van der Waals surface area (Å²) in [7, 11) is 1.64. The summed E-state index contributed by atoms with van der Waals surface area (Å²) in [5, 5.41) is 0.746. The number of methoxy groups -OCH3 is 1. The Balaban J connectivity index is 1.73. The molecule has 0 bridgehead atoms. The van der Waals surface area contributed by atoms with Crippen molar-refractivity contribution in [3.8, 4) is 11.5 Å². The van der Waals surface area contributed by atoms with Crippen LogP contribution in [0.3, 0.4) is 0 Å². The highest BCUT2D eigenvalue weighted by Crippen LogP contribution is 2.17. The van der Waals surface area contributed by atoms with E-state index >= 15 is 0 Å². The molecule has 0 radical (unpaired) electrons. The molecule has 0 aromatic heterocycles. The van der Waals surface area contributed by atoms with Crippen LogP contribution in [0.25, 0.3) is 0 Å². The maximum absolute atomic E-state index is 6.12. The molecule has 1 atom stereocenters. The third-order valence-electron chi connectivity index (χ3n) is 3.23. The molecular weight excluding hydrogens is 286 g/mol. The Kier molecular flexibility index (Phi) is 5.90. The van der Waals surface area contributed by atoms with Crippen LogP contribution in [0.4, 0.5) is 0 Å². The molecule has 3 nitrogen and oxygen atoms in total. The molecule has 0 aliphatic carbocycles. The van der Waals surface area contributed by atoms with Crippen LogP contribution in [0.5, 0.6) is 11.5 Å². The molecule has 0 spiro atoms. The summed E-state index contributed by atoms with van der Waals surface area (Å²) in [5.41, 5.74) is 7.31. The van der Waals surface area contributed by atoms with E-state index in [2.05, 4.69) is 0 Å². The molecule has 0 saturated heterocycles. The highest BCUT2D eigenvalue weighted by atomic mass is 35.5. The number of hydrogen-bond acceptors (Lipinski definition) is 3. The Morgan fingerprint density at radius 2 is 1.62 bits per heavy atom. The van der Waals surface area contributed by atoms with E-state index in [-0.39, 0.29) is 6.04 Å². The van der Waals surface area contributed by atoms with E-state index in [1.807, 2.05) is 48.5 Å². The minimum atomic E-state index is 0.0735. The van der Waals surface area contributed by atoms with E-state index in [1.54, 1.807) is 7.11 Å². The molecule has 0 heterocycles. The van der Waals surface area contributed by atoms with Crippen molar-refractivity contribution < 1.29 is 9.47 Å². The second-order valence-corrected chi connectivity index (χ2v) is 5.34. The molecule has 2 N–H and O–H groups in total. The highest BCUT2D eigenvalue weighted by Gasteiger charge is 2.05. The first kappa shape index (κ1) is 15.7. The van der Waals surface area contributed by atoms with Gasteiger partial charge in [0.15, 0.2) is 0 Å². The lowest BCUT2D eigenvalue weighted by molar-refractivity contribution is 0.296. The smallest absolute Gasteiger partial charge is 0.119 e. The topological polar surface area (TPSA) is 44.5 Å². The predicted octanol–water partition coefficient (Wildman–Crippen LogP) is 3.69. The van der Waals surface area contributed by atoms with Crippen molar-refractivity contribution in [2.45, 2.75) is 18.9 Å². The quantitative estimate of drug-likeness (QED) is 0.848. The average Bonchev–Trinajstić information content (AvgIpc) is 2.50. The van der Waals surface area contributed by atoms with Crippen LogP contribution >= 0.6 is 11.6 Å². The van der Waals surface area contributed by atoms with Gasteiger partial charge >= 0.3 is 0 Å². The molecule has 0 amide bonds. The molecule has 0 fully saturated rings. The first-order valence-corrected chi connectivity index (χ1v) is 7.32. The zero-order valence-corrected chi connectivity index (χ0v) is 12.8. The van der Waals surface area contributed by atoms with Gasteiger partial charge < -0.3 is 15.2 Å². The first-order chi connectivity index (χ1) is 10.2. The van der Waals surface area contributed by atoms with Gasteiger partial charge in [0.25, 0.3) is 0 Å².